The molecule has 146 valence electrons. The molecule has 0 amide bonds. The van der Waals surface area contributed by atoms with E-state index in [1.165, 1.54) is 0 Å². The first kappa shape index (κ1) is 21.5. The predicted molar refractivity (Wildman–Crippen MR) is 86.2 cm³/mol. The Balaban J connectivity index is 2.42. The Kier molecular flexibility index (Phi) is 6.04. The van der Waals surface area contributed by atoms with Crippen molar-refractivity contribution in [3.8, 4) is 5.75 Å². The number of hydrogen-bond acceptors (Lipinski definition) is 3. The van der Waals surface area contributed by atoms with Gasteiger partial charge in [-0.3, -0.25) is 4.57 Å². The second-order valence-electron chi connectivity index (χ2n) is 5.15. The topological polar surface area (TPSA) is 66.8 Å². The van der Waals surface area contributed by atoms with Crippen molar-refractivity contribution in [2.24, 2.45) is 0 Å². The molecule has 0 aliphatic carbocycles. The first-order valence-corrected chi connectivity index (χ1v) is 10.0. The number of rotatable bonds is 6. The van der Waals surface area contributed by atoms with Crippen LogP contribution in [0.3, 0.4) is 0 Å². The Morgan fingerprint density at radius 2 is 1.81 bits per heavy atom. The van der Waals surface area contributed by atoms with Crippen LogP contribution >= 0.6 is 34.9 Å². The van der Waals surface area contributed by atoms with Crippen LogP contribution in [0, 0.1) is 5.82 Å². The number of ether oxygens (including phenoxy) is 1. The molecule has 1 aromatic carbocycles. The van der Waals surface area contributed by atoms with Crippen molar-refractivity contribution in [3.63, 3.8) is 0 Å². The van der Waals surface area contributed by atoms with E-state index in [0.29, 0.717) is 0 Å². The molecule has 2 N–H and O–H groups in total. The summed E-state index contributed by atoms with van der Waals surface area (Å²) in [6.45, 7) is -0.519. The van der Waals surface area contributed by atoms with E-state index in [2.05, 4.69) is 15.9 Å². The standard InChI is InChI=1S/C13H10BrF6O4PS/c14-8-6-2-3-7(15)9(24-5-1-4-12(16,17)18)10(6)26-11(8)13(19,20)25(21,22)23/h2-3H,1,4-5H2,(H2,21,22,23). The van der Waals surface area contributed by atoms with Crippen molar-refractivity contribution in [2.45, 2.75) is 24.7 Å². The Bertz CT molecular complexity index is 862. The second kappa shape index (κ2) is 7.31. The molecule has 2 aromatic rings. The van der Waals surface area contributed by atoms with Crippen LogP contribution in [0.25, 0.3) is 10.1 Å². The maximum atomic E-state index is 14.0. The lowest BCUT2D eigenvalue weighted by atomic mass is 10.2. The van der Waals surface area contributed by atoms with Gasteiger partial charge in [0.25, 0.3) is 0 Å². The number of fused-ring (bicyclic) bond motifs is 1. The van der Waals surface area contributed by atoms with Crippen LogP contribution in [0.5, 0.6) is 5.75 Å². The summed E-state index contributed by atoms with van der Waals surface area (Å²) in [4.78, 5) is 16.7. The number of thiophene rings is 1. The summed E-state index contributed by atoms with van der Waals surface area (Å²) in [7, 11) is -5.86. The zero-order valence-corrected chi connectivity index (χ0v) is 15.8. The lowest BCUT2D eigenvalue weighted by Crippen LogP contribution is -2.12. The summed E-state index contributed by atoms with van der Waals surface area (Å²) in [5, 5.41) is -0.00894. The second-order valence-corrected chi connectivity index (χ2v) is 8.61. The monoisotopic (exact) mass is 486 g/mol. The summed E-state index contributed by atoms with van der Waals surface area (Å²) in [6, 6.07) is 1.95. The van der Waals surface area contributed by atoms with Gasteiger partial charge in [0.05, 0.1) is 11.3 Å². The van der Waals surface area contributed by atoms with Gasteiger partial charge in [-0.15, -0.1) is 11.3 Å². The minimum absolute atomic E-state index is 0.00894. The van der Waals surface area contributed by atoms with Gasteiger partial charge in [0.2, 0.25) is 0 Å². The molecule has 0 aliphatic heterocycles. The van der Waals surface area contributed by atoms with E-state index in [4.69, 9.17) is 14.5 Å². The van der Waals surface area contributed by atoms with Gasteiger partial charge in [-0.05, 0) is 34.5 Å². The molecule has 0 spiro atoms. The van der Waals surface area contributed by atoms with Gasteiger partial charge in [0.1, 0.15) is 4.88 Å². The van der Waals surface area contributed by atoms with Crippen molar-refractivity contribution in [2.75, 3.05) is 6.61 Å². The molecule has 0 radical (unpaired) electrons. The Morgan fingerprint density at radius 1 is 1.19 bits per heavy atom. The lowest BCUT2D eigenvalue weighted by molar-refractivity contribution is -0.136. The van der Waals surface area contributed by atoms with Crippen LogP contribution in [0.2, 0.25) is 0 Å². The first-order chi connectivity index (χ1) is 11.8. The number of alkyl halides is 5. The fourth-order valence-electron chi connectivity index (χ4n) is 1.99. The maximum Gasteiger partial charge on any atom is 0.400 e. The molecule has 2 rings (SSSR count). The van der Waals surface area contributed by atoms with E-state index >= 15 is 0 Å². The molecular weight excluding hydrogens is 477 g/mol. The van der Waals surface area contributed by atoms with Gasteiger partial charge in [-0.2, -0.15) is 22.0 Å². The normalized spacial score (nSPS) is 13.4. The molecule has 26 heavy (non-hydrogen) atoms. The van der Waals surface area contributed by atoms with Crippen molar-refractivity contribution in [3.05, 3.63) is 27.3 Å². The highest BCUT2D eigenvalue weighted by Gasteiger charge is 2.53. The summed E-state index contributed by atoms with van der Waals surface area (Å²) in [5.41, 5.74) is -4.53. The minimum atomic E-state index is -5.86. The highest BCUT2D eigenvalue weighted by molar-refractivity contribution is 9.10. The van der Waals surface area contributed by atoms with Gasteiger partial charge >= 0.3 is 19.4 Å². The van der Waals surface area contributed by atoms with Crippen molar-refractivity contribution in [1.29, 1.82) is 0 Å². The molecule has 0 saturated carbocycles. The molecule has 4 nitrogen and oxygen atoms in total. The molecule has 13 heteroatoms. The van der Waals surface area contributed by atoms with Crippen LogP contribution in [0.4, 0.5) is 26.3 Å². The highest BCUT2D eigenvalue weighted by atomic mass is 79.9. The first-order valence-electron chi connectivity index (χ1n) is 6.79. The molecule has 0 atom stereocenters. The van der Waals surface area contributed by atoms with Crippen molar-refractivity contribution < 1.29 is 45.4 Å². The van der Waals surface area contributed by atoms with E-state index in [1.807, 2.05) is 0 Å². The fourth-order valence-corrected chi connectivity index (χ4v) is 5.02. The third kappa shape index (κ3) is 4.36. The molecule has 0 unspecified atom stereocenters. The van der Waals surface area contributed by atoms with Gasteiger partial charge in [0.15, 0.2) is 11.6 Å². The summed E-state index contributed by atoms with van der Waals surface area (Å²) < 4.78 is 93.8. The minimum Gasteiger partial charge on any atom is -0.489 e. The van der Waals surface area contributed by atoms with Gasteiger partial charge in [0, 0.05) is 16.3 Å². The third-order valence-electron chi connectivity index (χ3n) is 3.19. The highest BCUT2D eigenvalue weighted by Crippen LogP contribution is 2.63. The molecular formula is C13H10BrF6O4PS. The SMILES string of the molecule is O=P(O)(O)C(F)(F)c1sc2c(OCCCC(F)(F)F)c(F)ccc2c1Br. The largest absolute Gasteiger partial charge is 0.489 e. The Labute approximate surface area is 155 Å². The Hall–Kier alpha value is -0.810. The van der Waals surface area contributed by atoms with E-state index in [0.717, 1.165) is 12.1 Å². The Morgan fingerprint density at radius 3 is 2.35 bits per heavy atom. The van der Waals surface area contributed by atoms with Crippen molar-refractivity contribution in [1.82, 2.24) is 0 Å². The average molecular weight is 487 g/mol. The smallest absolute Gasteiger partial charge is 0.400 e. The van der Waals surface area contributed by atoms with E-state index in [9.17, 15) is 30.9 Å². The van der Waals surface area contributed by atoms with Crippen molar-refractivity contribution >= 4 is 44.9 Å². The van der Waals surface area contributed by atoms with Crippen LogP contribution in [-0.4, -0.2) is 22.6 Å². The lowest BCUT2D eigenvalue weighted by Gasteiger charge is -2.16. The van der Waals surface area contributed by atoms with Crippen LogP contribution in [-0.2, 0) is 10.2 Å². The summed E-state index contributed by atoms with van der Waals surface area (Å²) in [5.74, 6) is -1.55. The van der Waals surface area contributed by atoms with E-state index in [1.54, 1.807) is 0 Å². The summed E-state index contributed by atoms with van der Waals surface area (Å²) in [6.07, 6.45) is -6.06. The zero-order valence-electron chi connectivity index (χ0n) is 12.5. The van der Waals surface area contributed by atoms with Gasteiger partial charge in [-0.25, -0.2) is 4.39 Å². The molecule has 1 aromatic heterocycles. The third-order valence-corrected chi connectivity index (χ3v) is 6.66. The molecule has 0 bridgehead atoms. The quantitative estimate of drug-likeness (QED) is 0.310. The molecule has 0 saturated heterocycles. The molecule has 0 fully saturated rings. The molecule has 0 aliphatic rings. The van der Waals surface area contributed by atoms with Crippen LogP contribution in [0.15, 0.2) is 16.6 Å². The average Bonchev–Trinajstić information content (AvgIpc) is 2.81. The van der Waals surface area contributed by atoms with Crippen LogP contribution < -0.4 is 4.74 Å². The fraction of sp³-hybridized carbons (Fsp3) is 0.385. The van der Waals surface area contributed by atoms with E-state index < -0.39 is 55.3 Å². The van der Waals surface area contributed by atoms with Gasteiger partial charge < -0.3 is 14.5 Å². The zero-order chi connectivity index (χ0) is 19.9. The predicted octanol–water partition coefficient (Wildman–Crippen LogP) is 5.75. The number of benzene rings is 1. The summed E-state index contributed by atoms with van der Waals surface area (Å²) >= 11 is 2.99. The van der Waals surface area contributed by atoms with Crippen LogP contribution in [0.1, 0.15) is 17.7 Å². The van der Waals surface area contributed by atoms with E-state index in [-0.39, 0.29) is 25.9 Å². The number of halogens is 7. The van der Waals surface area contributed by atoms with Gasteiger partial charge in [-0.1, -0.05) is 0 Å². The molecule has 1 heterocycles. The maximum absolute atomic E-state index is 14.0. The number of hydrogen-bond donors (Lipinski definition) is 2.